The molecule has 5 heteroatoms. The second kappa shape index (κ2) is 9.02. The number of aliphatic hydroxyl groups is 1. The van der Waals surface area contributed by atoms with Crippen LogP contribution in [0.3, 0.4) is 0 Å². The lowest BCUT2D eigenvalue weighted by molar-refractivity contribution is -0.133. The maximum atomic E-state index is 13.3. The van der Waals surface area contributed by atoms with Gasteiger partial charge in [-0.05, 0) is 43.1 Å². The molecule has 1 saturated carbocycles. The first-order valence-corrected chi connectivity index (χ1v) is 10.5. The minimum absolute atomic E-state index is 0.102. The summed E-state index contributed by atoms with van der Waals surface area (Å²) in [5, 5.41) is 10.7. The van der Waals surface area contributed by atoms with Crippen molar-refractivity contribution in [2.75, 3.05) is 20.7 Å². The number of hydrogen-bond acceptors (Lipinski definition) is 5. The molecule has 1 fully saturated rings. The summed E-state index contributed by atoms with van der Waals surface area (Å²) >= 11 is 0. The Kier molecular flexibility index (Phi) is 6.21. The summed E-state index contributed by atoms with van der Waals surface area (Å²) in [6.45, 7) is 1.47. The summed E-state index contributed by atoms with van der Waals surface area (Å²) in [6, 6.07) is 17.7. The van der Waals surface area contributed by atoms with Crippen LogP contribution in [0.25, 0.3) is 5.57 Å². The zero-order valence-electron chi connectivity index (χ0n) is 17.5. The van der Waals surface area contributed by atoms with E-state index >= 15 is 0 Å². The number of methoxy groups -OCH3 is 1. The van der Waals surface area contributed by atoms with Crippen LogP contribution in [0.1, 0.15) is 24.0 Å². The third-order valence-electron chi connectivity index (χ3n) is 6.25. The molecule has 0 aromatic heterocycles. The van der Waals surface area contributed by atoms with Gasteiger partial charge in [0.1, 0.15) is 11.9 Å². The molecular weight excluding hydrogens is 378 g/mol. The average molecular weight is 408 g/mol. The minimum Gasteiger partial charge on any atom is -0.497 e. The smallest absolute Gasteiger partial charge is 0.173 e. The molecule has 0 amide bonds. The SMILES string of the molecule is COc1ccc(C2=COC3C(CCC(O)C3CN(C)Cc3ccccc3)C2=O)cc1. The van der Waals surface area contributed by atoms with Crippen molar-refractivity contribution in [3.8, 4) is 5.75 Å². The van der Waals surface area contributed by atoms with Gasteiger partial charge in [-0.3, -0.25) is 4.79 Å². The van der Waals surface area contributed by atoms with Gasteiger partial charge in [0.25, 0.3) is 0 Å². The summed E-state index contributed by atoms with van der Waals surface area (Å²) in [5.41, 5.74) is 2.67. The summed E-state index contributed by atoms with van der Waals surface area (Å²) in [6.07, 6.45) is 2.11. The highest BCUT2D eigenvalue weighted by molar-refractivity contribution is 6.22. The third-order valence-corrected chi connectivity index (χ3v) is 6.25. The number of carbonyl (C=O) groups excluding carboxylic acids is 1. The van der Waals surface area contributed by atoms with Crippen molar-refractivity contribution < 1.29 is 19.4 Å². The van der Waals surface area contributed by atoms with Crippen molar-refractivity contribution in [2.45, 2.75) is 31.6 Å². The number of nitrogens with zero attached hydrogens (tertiary/aromatic N) is 1. The van der Waals surface area contributed by atoms with Crippen LogP contribution in [0.15, 0.2) is 60.9 Å². The molecule has 0 radical (unpaired) electrons. The molecule has 1 aliphatic heterocycles. The standard InChI is InChI=1S/C25H29NO4/c1-26(14-17-6-4-3-5-7-17)15-21-23(27)13-12-20-24(28)22(16-30-25(20)21)18-8-10-19(29-2)11-9-18/h3-11,16,20-21,23,25,27H,12-15H2,1-2H3. The van der Waals surface area contributed by atoms with Crippen LogP contribution in [-0.4, -0.2) is 48.7 Å². The summed E-state index contributed by atoms with van der Waals surface area (Å²) in [5.74, 6) is 0.545. The molecule has 1 N–H and O–H groups in total. The van der Waals surface area contributed by atoms with Gasteiger partial charge in [0.2, 0.25) is 0 Å². The van der Waals surface area contributed by atoms with Gasteiger partial charge in [0.05, 0.1) is 31.0 Å². The fraction of sp³-hybridized carbons (Fsp3) is 0.400. The largest absolute Gasteiger partial charge is 0.497 e. The predicted molar refractivity (Wildman–Crippen MR) is 116 cm³/mol. The van der Waals surface area contributed by atoms with Crippen molar-refractivity contribution in [1.82, 2.24) is 4.90 Å². The topological polar surface area (TPSA) is 59.0 Å². The maximum Gasteiger partial charge on any atom is 0.173 e. The van der Waals surface area contributed by atoms with Crippen molar-refractivity contribution >= 4 is 11.4 Å². The first-order chi connectivity index (χ1) is 14.6. The first kappa shape index (κ1) is 20.6. The molecule has 0 spiro atoms. The second-order valence-electron chi connectivity index (χ2n) is 8.32. The monoisotopic (exact) mass is 407 g/mol. The molecule has 0 saturated heterocycles. The molecule has 2 aromatic carbocycles. The van der Waals surface area contributed by atoms with Crippen molar-refractivity contribution in [2.24, 2.45) is 11.8 Å². The Balaban J connectivity index is 1.49. The van der Waals surface area contributed by atoms with E-state index in [0.717, 1.165) is 17.9 Å². The average Bonchev–Trinajstić information content (AvgIpc) is 2.77. The van der Waals surface area contributed by atoms with Gasteiger partial charge in [0.15, 0.2) is 5.78 Å². The highest BCUT2D eigenvalue weighted by Gasteiger charge is 2.46. The van der Waals surface area contributed by atoms with Crippen LogP contribution in [-0.2, 0) is 16.1 Å². The molecule has 158 valence electrons. The molecule has 30 heavy (non-hydrogen) atoms. The highest BCUT2D eigenvalue weighted by atomic mass is 16.5. The maximum absolute atomic E-state index is 13.3. The lowest BCUT2D eigenvalue weighted by atomic mass is 9.72. The van der Waals surface area contributed by atoms with E-state index in [-0.39, 0.29) is 23.7 Å². The number of hydrogen-bond donors (Lipinski definition) is 1. The number of ketones is 1. The van der Waals surface area contributed by atoms with Gasteiger partial charge in [-0.1, -0.05) is 42.5 Å². The van der Waals surface area contributed by atoms with Crippen LogP contribution in [0.4, 0.5) is 0 Å². The zero-order valence-corrected chi connectivity index (χ0v) is 17.5. The summed E-state index contributed by atoms with van der Waals surface area (Å²) in [7, 11) is 3.67. The lowest BCUT2D eigenvalue weighted by Crippen LogP contribution is -2.51. The van der Waals surface area contributed by atoms with Crippen LogP contribution < -0.4 is 4.74 Å². The van der Waals surface area contributed by atoms with Gasteiger partial charge >= 0.3 is 0 Å². The van der Waals surface area contributed by atoms with E-state index in [1.165, 1.54) is 5.56 Å². The number of aliphatic hydroxyl groups excluding tert-OH is 1. The minimum atomic E-state index is -0.465. The van der Waals surface area contributed by atoms with E-state index in [2.05, 4.69) is 17.0 Å². The predicted octanol–water partition coefficient (Wildman–Crippen LogP) is 3.52. The Bertz CT molecular complexity index is 893. The Morgan fingerprint density at radius 1 is 1.10 bits per heavy atom. The molecule has 1 aliphatic carbocycles. The Hall–Kier alpha value is -2.63. The van der Waals surface area contributed by atoms with Gasteiger partial charge in [0, 0.05) is 19.0 Å². The molecule has 4 atom stereocenters. The number of allylic oxidation sites excluding steroid dienone is 1. The van der Waals surface area contributed by atoms with E-state index in [1.54, 1.807) is 13.4 Å². The molecule has 2 aromatic rings. The van der Waals surface area contributed by atoms with Crippen LogP contribution in [0.2, 0.25) is 0 Å². The molecule has 2 aliphatic rings. The van der Waals surface area contributed by atoms with Crippen molar-refractivity contribution in [1.29, 1.82) is 0 Å². The van der Waals surface area contributed by atoms with Gasteiger partial charge in [-0.25, -0.2) is 0 Å². The van der Waals surface area contributed by atoms with E-state index in [9.17, 15) is 9.90 Å². The van der Waals surface area contributed by atoms with Gasteiger partial charge in [-0.2, -0.15) is 0 Å². The molecule has 4 rings (SSSR count). The molecule has 1 heterocycles. The normalized spacial score (nSPS) is 26.0. The third kappa shape index (κ3) is 4.27. The summed E-state index contributed by atoms with van der Waals surface area (Å²) < 4.78 is 11.3. The number of carbonyl (C=O) groups is 1. The van der Waals surface area contributed by atoms with E-state index in [4.69, 9.17) is 9.47 Å². The number of Topliss-reactive ketones (excluding diaryl/α,β-unsaturated/α-hetero) is 1. The Labute approximate surface area is 177 Å². The molecular formula is C25H29NO4. The Morgan fingerprint density at radius 2 is 1.83 bits per heavy atom. The number of benzene rings is 2. The van der Waals surface area contributed by atoms with Crippen molar-refractivity contribution in [3.63, 3.8) is 0 Å². The van der Waals surface area contributed by atoms with Crippen LogP contribution in [0.5, 0.6) is 5.75 Å². The fourth-order valence-corrected chi connectivity index (χ4v) is 4.65. The van der Waals surface area contributed by atoms with E-state index in [1.807, 2.05) is 49.5 Å². The molecule has 0 bridgehead atoms. The zero-order chi connectivity index (χ0) is 21.1. The van der Waals surface area contributed by atoms with Crippen LogP contribution >= 0.6 is 0 Å². The number of ether oxygens (including phenoxy) is 2. The first-order valence-electron chi connectivity index (χ1n) is 10.5. The van der Waals surface area contributed by atoms with E-state index < -0.39 is 6.10 Å². The van der Waals surface area contributed by atoms with Crippen molar-refractivity contribution in [3.05, 3.63) is 72.0 Å². The lowest BCUT2D eigenvalue weighted by Gasteiger charge is -2.43. The number of rotatable bonds is 6. The van der Waals surface area contributed by atoms with Crippen LogP contribution in [0, 0.1) is 11.8 Å². The fourth-order valence-electron chi connectivity index (χ4n) is 4.65. The molecule has 5 nitrogen and oxygen atoms in total. The second-order valence-corrected chi connectivity index (χ2v) is 8.32. The quantitative estimate of drug-likeness (QED) is 0.794. The summed E-state index contributed by atoms with van der Waals surface area (Å²) in [4.78, 5) is 15.5. The van der Waals surface area contributed by atoms with Gasteiger partial charge in [-0.15, -0.1) is 0 Å². The highest BCUT2D eigenvalue weighted by Crippen LogP contribution is 2.39. The number of fused-ring (bicyclic) bond motifs is 1. The van der Waals surface area contributed by atoms with E-state index in [0.29, 0.717) is 25.0 Å². The van der Waals surface area contributed by atoms with Gasteiger partial charge < -0.3 is 19.5 Å². The molecule has 4 unspecified atom stereocenters. The Morgan fingerprint density at radius 3 is 2.53 bits per heavy atom.